The lowest BCUT2D eigenvalue weighted by atomic mass is 9.91. The summed E-state index contributed by atoms with van der Waals surface area (Å²) in [5.74, 6) is 1.48. The lowest BCUT2D eigenvalue weighted by Gasteiger charge is -2.38. The highest BCUT2D eigenvalue weighted by atomic mass is 16.5. The maximum Gasteiger partial charge on any atom is 0.230 e. The summed E-state index contributed by atoms with van der Waals surface area (Å²) in [4.78, 5) is 15.0. The Hall–Kier alpha value is -2.30. The minimum absolute atomic E-state index is 0.228. The zero-order valence-corrected chi connectivity index (χ0v) is 15.2. The molecule has 2 fully saturated rings. The van der Waals surface area contributed by atoms with Crippen molar-refractivity contribution in [2.24, 2.45) is 5.92 Å². The third-order valence-electron chi connectivity index (χ3n) is 6.04. The summed E-state index contributed by atoms with van der Waals surface area (Å²) in [5.41, 5.74) is 4.27. The van der Waals surface area contributed by atoms with Crippen molar-refractivity contribution in [2.45, 2.75) is 64.0 Å². The molecule has 5 heteroatoms. The molecule has 0 spiro atoms. The first kappa shape index (κ1) is 15.9. The van der Waals surface area contributed by atoms with Gasteiger partial charge < -0.3 is 9.64 Å². The van der Waals surface area contributed by atoms with Gasteiger partial charge in [-0.15, -0.1) is 0 Å². The zero-order valence-electron chi connectivity index (χ0n) is 15.2. The Balaban J connectivity index is 1.61. The normalized spacial score (nSPS) is 22.7. The molecular weight excluding hydrogens is 326 g/mol. The fourth-order valence-electron chi connectivity index (χ4n) is 4.08. The van der Waals surface area contributed by atoms with Crippen molar-refractivity contribution in [1.29, 1.82) is 0 Å². The van der Waals surface area contributed by atoms with Gasteiger partial charge in [-0.1, -0.05) is 0 Å². The molecule has 1 amide bonds. The van der Waals surface area contributed by atoms with Gasteiger partial charge in [-0.25, -0.2) is 0 Å². The number of fused-ring (bicyclic) bond motifs is 1. The highest BCUT2D eigenvalue weighted by molar-refractivity contribution is 5.99. The predicted molar refractivity (Wildman–Crippen MR) is 100 cm³/mol. The third kappa shape index (κ3) is 2.61. The monoisotopic (exact) mass is 351 g/mol. The van der Waals surface area contributed by atoms with Crippen LogP contribution in [0, 0.1) is 5.92 Å². The number of hydrogen-bond donors (Lipinski definition) is 1. The molecule has 2 heterocycles. The Morgan fingerprint density at radius 3 is 2.69 bits per heavy atom. The van der Waals surface area contributed by atoms with E-state index in [1.165, 1.54) is 12.0 Å². The highest BCUT2D eigenvalue weighted by Crippen LogP contribution is 2.45. The first-order chi connectivity index (χ1) is 12.7. The van der Waals surface area contributed by atoms with Crippen molar-refractivity contribution < 1.29 is 9.53 Å². The molecular formula is C21H25N3O2. The lowest BCUT2D eigenvalue weighted by molar-refractivity contribution is -0.120. The number of benzene rings is 1. The second kappa shape index (κ2) is 6.15. The number of ether oxygens (including phenoxy) is 1. The average Bonchev–Trinajstić information content (AvgIpc) is 3.32. The molecule has 2 aromatic rings. The van der Waals surface area contributed by atoms with Crippen molar-refractivity contribution in [3.8, 4) is 17.0 Å². The molecule has 5 rings (SSSR count). The van der Waals surface area contributed by atoms with Gasteiger partial charge in [0, 0.05) is 29.3 Å². The van der Waals surface area contributed by atoms with Crippen LogP contribution >= 0.6 is 0 Å². The standard InChI is InChI=1S/C21H25N3O2/c1-13-5-8-17-19(24(13)21(25)14-6-7-14)10-9-16(18-11-12-22-23-18)20(17)26-15-3-2-4-15/h9-15H,2-8H2,1H3,(H,22,23). The predicted octanol–water partition coefficient (Wildman–Crippen LogP) is 4.09. The van der Waals surface area contributed by atoms with E-state index in [1.807, 2.05) is 11.0 Å². The topological polar surface area (TPSA) is 58.2 Å². The Kier molecular flexibility index (Phi) is 3.76. The van der Waals surface area contributed by atoms with Gasteiger partial charge in [0.25, 0.3) is 0 Å². The Morgan fingerprint density at radius 1 is 1.19 bits per heavy atom. The van der Waals surface area contributed by atoms with Gasteiger partial charge in [0.05, 0.1) is 17.5 Å². The summed E-state index contributed by atoms with van der Waals surface area (Å²) < 4.78 is 6.46. The number of carbonyl (C=O) groups is 1. The van der Waals surface area contributed by atoms with Crippen LogP contribution in [-0.4, -0.2) is 28.3 Å². The number of anilines is 1. The van der Waals surface area contributed by atoms with Crippen molar-refractivity contribution in [3.05, 3.63) is 30.0 Å². The largest absolute Gasteiger partial charge is 0.489 e. The van der Waals surface area contributed by atoms with Crippen LogP contribution in [0.25, 0.3) is 11.3 Å². The second-order valence-corrected chi connectivity index (χ2v) is 7.95. The maximum absolute atomic E-state index is 12.9. The van der Waals surface area contributed by atoms with Crippen LogP contribution in [0.15, 0.2) is 24.4 Å². The molecule has 1 aromatic heterocycles. The van der Waals surface area contributed by atoms with Crippen LogP contribution in [-0.2, 0) is 11.2 Å². The van der Waals surface area contributed by atoms with Crippen LogP contribution in [0.2, 0.25) is 0 Å². The van der Waals surface area contributed by atoms with Crippen LogP contribution in [0.1, 0.15) is 51.0 Å². The van der Waals surface area contributed by atoms with E-state index < -0.39 is 0 Å². The molecule has 0 radical (unpaired) electrons. The van der Waals surface area contributed by atoms with Gasteiger partial charge >= 0.3 is 0 Å². The van der Waals surface area contributed by atoms with Crippen molar-refractivity contribution in [3.63, 3.8) is 0 Å². The molecule has 26 heavy (non-hydrogen) atoms. The number of carbonyl (C=O) groups excluding carboxylic acids is 1. The van der Waals surface area contributed by atoms with Crippen LogP contribution in [0.4, 0.5) is 5.69 Å². The van der Waals surface area contributed by atoms with E-state index in [9.17, 15) is 4.79 Å². The number of aromatic amines is 1. The van der Waals surface area contributed by atoms with Gasteiger partial charge in [0.2, 0.25) is 5.91 Å². The minimum Gasteiger partial charge on any atom is -0.489 e. The van der Waals surface area contributed by atoms with Gasteiger partial charge in [0.15, 0.2) is 0 Å². The molecule has 136 valence electrons. The molecule has 0 saturated heterocycles. The molecule has 1 aromatic carbocycles. The SMILES string of the molecule is CC1CCc2c(ccc(-c3ccn[nH]3)c2OC2CCC2)N1C(=O)C1CC1. The summed E-state index contributed by atoms with van der Waals surface area (Å²) in [5, 5.41) is 7.18. The molecule has 1 N–H and O–H groups in total. The summed E-state index contributed by atoms with van der Waals surface area (Å²) in [6.45, 7) is 2.17. The first-order valence-corrected chi connectivity index (χ1v) is 9.87. The number of amides is 1. The lowest BCUT2D eigenvalue weighted by Crippen LogP contribution is -2.43. The van der Waals surface area contributed by atoms with E-state index in [4.69, 9.17) is 4.74 Å². The fraction of sp³-hybridized carbons (Fsp3) is 0.524. The molecule has 3 aliphatic rings. The van der Waals surface area contributed by atoms with Gasteiger partial charge in [-0.05, 0) is 70.1 Å². The summed E-state index contributed by atoms with van der Waals surface area (Å²) in [6, 6.07) is 6.43. The number of H-pyrrole nitrogens is 1. The number of aromatic nitrogens is 2. The average molecular weight is 351 g/mol. The minimum atomic E-state index is 0.228. The van der Waals surface area contributed by atoms with Gasteiger partial charge in [-0.3, -0.25) is 9.89 Å². The Morgan fingerprint density at radius 2 is 2.04 bits per heavy atom. The third-order valence-corrected chi connectivity index (χ3v) is 6.04. The van der Waals surface area contributed by atoms with E-state index in [-0.39, 0.29) is 12.0 Å². The molecule has 0 bridgehead atoms. The van der Waals surface area contributed by atoms with E-state index in [2.05, 4.69) is 29.3 Å². The molecule has 5 nitrogen and oxygen atoms in total. The molecule has 1 unspecified atom stereocenters. The molecule has 2 aliphatic carbocycles. The van der Waals surface area contributed by atoms with Crippen molar-refractivity contribution >= 4 is 11.6 Å². The Bertz CT molecular complexity index is 822. The van der Waals surface area contributed by atoms with E-state index in [0.29, 0.717) is 12.0 Å². The fourth-order valence-corrected chi connectivity index (χ4v) is 4.08. The summed E-state index contributed by atoms with van der Waals surface area (Å²) in [7, 11) is 0. The van der Waals surface area contributed by atoms with E-state index in [1.54, 1.807) is 6.20 Å². The van der Waals surface area contributed by atoms with Crippen molar-refractivity contribution in [2.75, 3.05) is 4.90 Å². The number of hydrogen-bond acceptors (Lipinski definition) is 3. The number of rotatable bonds is 4. The van der Waals surface area contributed by atoms with Crippen LogP contribution in [0.5, 0.6) is 5.75 Å². The maximum atomic E-state index is 12.9. The second-order valence-electron chi connectivity index (χ2n) is 7.95. The Labute approximate surface area is 153 Å². The summed E-state index contributed by atoms with van der Waals surface area (Å²) in [6.07, 6.45) is 9.56. The van der Waals surface area contributed by atoms with Crippen molar-refractivity contribution in [1.82, 2.24) is 10.2 Å². The first-order valence-electron chi connectivity index (χ1n) is 9.87. The summed E-state index contributed by atoms with van der Waals surface area (Å²) >= 11 is 0. The zero-order chi connectivity index (χ0) is 17.7. The molecule has 1 atom stereocenters. The van der Waals surface area contributed by atoms with E-state index in [0.717, 1.165) is 61.2 Å². The quantitative estimate of drug-likeness (QED) is 0.903. The van der Waals surface area contributed by atoms with Gasteiger partial charge in [0.1, 0.15) is 5.75 Å². The van der Waals surface area contributed by atoms with E-state index >= 15 is 0 Å². The van der Waals surface area contributed by atoms with Crippen LogP contribution < -0.4 is 9.64 Å². The number of nitrogens with one attached hydrogen (secondary N) is 1. The van der Waals surface area contributed by atoms with Crippen LogP contribution in [0.3, 0.4) is 0 Å². The highest BCUT2D eigenvalue weighted by Gasteiger charge is 2.39. The smallest absolute Gasteiger partial charge is 0.230 e. The molecule has 2 saturated carbocycles. The number of nitrogens with zero attached hydrogens (tertiary/aromatic N) is 2. The van der Waals surface area contributed by atoms with Gasteiger partial charge in [-0.2, -0.15) is 5.10 Å². The molecule has 1 aliphatic heterocycles.